The molecule has 0 aliphatic heterocycles. The molecule has 0 fully saturated rings. The van der Waals surface area contributed by atoms with E-state index in [1.165, 1.54) is 5.56 Å². The van der Waals surface area contributed by atoms with Gasteiger partial charge in [-0.1, -0.05) is 54.2 Å². The molecule has 0 aliphatic rings. The minimum atomic E-state index is 0.0536. The van der Waals surface area contributed by atoms with Crippen molar-refractivity contribution < 1.29 is 4.74 Å². The summed E-state index contributed by atoms with van der Waals surface area (Å²) in [4.78, 5) is 17.7. The molecule has 136 valence electrons. The van der Waals surface area contributed by atoms with Crippen LogP contribution in [0.4, 0.5) is 0 Å². The molecule has 0 radical (unpaired) electrons. The zero-order chi connectivity index (χ0) is 18.2. The van der Waals surface area contributed by atoms with Crippen LogP contribution in [-0.2, 0) is 17.7 Å². The number of ether oxygens (including phenoxy) is 1. The molecule has 1 aromatic heterocycles. The minimum absolute atomic E-state index is 0.0536. The second-order valence-electron chi connectivity index (χ2n) is 6.15. The predicted octanol–water partition coefficient (Wildman–Crippen LogP) is 4.16. The van der Waals surface area contributed by atoms with Crippen LogP contribution in [0.2, 0.25) is 0 Å². The third-order valence-corrected chi connectivity index (χ3v) is 5.30. The smallest absolute Gasteiger partial charge is 0.262 e. The fourth-order valence-electron chi connectivity index (χ4n) is 2.91. The van der Waals surface area contributed by atoms with Crippen molar-refractivity contribution in [1.29, 1.82) is 0 Å². The Morgan fingerprint density at radius 2 is 1.81 bits per heavy atom. The average molecular weight is 369 g/mol. The predicted molar refractivity (Wildman–Crippen MR) is 108 cm³/mol. The summed E-state index contributed by atoms with van der Waals surface area (Å²) < 4.78 is 6.95. The molecule has 0 aliphatic carbocycles. The summed E-state index contributed by atoms with van der Waals surface area (Å²) in [5, 5.41) is 1.49. The molecule has 0 N–H and O–H groups in total. The highest BCUT2D eigenvalue weighted by Gasteiger charge is 2.11. The van der Waals surface area contributed by atoms with Crippen molar-refractivity contribution in [3.8, 4) is 0 Å². The van der Waals surface area contributed by atoms with Gasteiger partial charge in [0.2, 0.25) is 0 Å². The van der Waals surface area contributed by atoms with E-state index in [4.69, 9.17) is 9.72 Å². The van der Waals surface area contributed by atoms with Crippen LogP contribution in [0, 0.1) is 0 Å². The Morgan fingerprint density at radius 1 is 1.04 bits per heavy atom. The normalized spacial score (nSPS) is 11.1. The maximum Gasteiger partial charge on any atom is 0.262 e. The summed E-state index contributed by atoms with van der Waals surface area (Å²) in [6, 6.07) is 18.0. The van der Waals surface area contributed by atoms with Gasteiger partial charge >= 0.3 is 0 Å². The Hall–Kier alpha value is -2.11. The summed E-state index contributed by atoms with van der Waals surface area (Å²) in [6.07, 6.45) is 2.80. The Bertz CT molecular complexity index is 893. The van der Waals surface area contributed by atoms with Crippen molar-refractivity contribution in [2.45, 2.75) is 31.0 Å². The zero-order valence-electron chi connectivity index (χ0n) is 15.1. The van der Waals surface area contributed by atoms with Crippen molar-refractivity contribution in [3.05, 3.63) is 70.5 Å². The van der Waals surface area contributed by atoms with Gasteiger partial charge in [-0.25, -0.2) is 4.98 Å². The standard InChI is InChI=1S/C21H24N2O2S/c1-25-15-8-16-26-21-22-19-13-6-5-12-18(19)20(24)23(21)14-7-11-17-9-3-2-4-10-17/h2-6,9-10,12-13H,7-8,11,14-16H2,1H3. The van der Waals surface area contributed by atoms with Gasteiger partial charge in [0.05, 0.1) is 10.9 Å². The number of fused-ring (bicyclic) bond motifs is 1. The maximum atomic E-state index is 13.0. The van der Waals surface area contributed by atoms with E-state index in [2.05, 4.69) is 24.3 Å². The number of hydrogen-bond acceptors (Lipinski definition) is 4. The lowest BCUT2D eigenvalue weighted by atomic mass is 10.1. The quantitative estimate of drug-likeness (QED) is 0.323. The van der Waals surface area contributed by atoms with Crippen molar-refractivity contribution in [2.75, 3.05) is 19.5 Å². The van der Waals surface area contributed by atoms with E-state index < -0.39 is 0 Å². The van der Waals surface area contributed by atoms with Gasteiger partial charge < -0.3 is 4.74 Å². The highest BCUT2D eigenvalue weighted by molar-refractivity contribution is 7.99. The fourth-order valence-corrected chi connectivity index (χ4v) is 3.85. The molecule has 26 heavy (non-hydrogen) atoms. The number of aryl methyl sites for hydroxylation is 1. The van der Waals surface area contributed by atoms with Crippen molar-refractivity contribution in [1.82, 2.24) is 9.55 Å². The van der Waals surface area contributed by atoms with Crippen LogP contribution in [0.5, 0.6) is 0 Å². The monoisotopic (exact) mass is 368 g/mol. The van der Waals surface area contributed by atoms with E-state index in [-0.39, 0.29) is 5.56 Å². The second kappa shape index (κ2) is 9.55. The SMILES string of the molecule is COCCCSc1nc2ccccc2c(=O)n1CCCc1ccccc1. The first-order valence-corrected chi connectivity index (χ1v) is 9.93. The first-order chi connectivity index (χ1) is 12.8. The van der Waals surface area contributed by atoms with Gasteiger partial charge in [0.15, 0.2) is 5.16 Å². The Morgan fingerprint density at radius 3 is 2.62 bits per heavy atom. The van der Waals surface area contributed by atoms with Crippen LogP contribution in [0.3, 0.4) is 0 Å². The molecule has 0 amide bonds. The number of rotatable bonds is 9. The molecule has 2 aromatic carbocycles. The second-order valence-corrected chi connectivity index (χ2v) is 7.21. The van der Waals surface area contributed by atoms with Gasteiger partial charge in [-0.05, 0) is 37.0 Å². The van der Waals surface area contributed by atoms with Crippen LogP contribution >= 0.6 is 11.8 Å². The van der Waals surface area contributed by atoms with Crippen molar-refractivity contribution in [3.63, 3.8) is 0 Å². The van der Waals surface area contributed by atoms with Gasteiger partial charge in [-0.2, -0.15) is 0 Å². The molecule has 3 aromatic rings. The first kappa shape index (κ1) is 18.7. The first-order valence-electron chi connectivity index (χ1n) is 8.95. The molecule has 0 spiro atoms. The third-order valence-electron chi connectivity index (χ3n) is 4.24. The minimum Gasteiger partial charge on any atom is -0.385 e. The summed E-state index contributed by atoms with van der Waals surface area (Å²) in [6.45, 7) is 1.40. The number of methoxy groups -OCH3 is 1. The summed E-state index contributed by atoms with van der Waals surface area (Å²) in [5.41, 5.74) is 2.12. The molecule has 0 bridgehead atoms. The van der Waals surface area contributed by atoms with E-state index >= 15 is 0 Å². The molecule has 0 atom stereocenters. The third kappa shape index (κ3) is 4.74. The van der Waals surface area contributed by atoms with E-state index in [9.17, 15) is 4.79 Å². The summed E-state index contributed by atoms with van der Waals surface area (Å²) in [7, 11) is 1.71. The van der Waals surface area contributed by atoms with Crippen LogP contribution in [0.25, 0.3) is 10.9 Å². The lowest BCUT2D eigenvalue weighted by Crippen LogP contribution is -2.24. The van der Waals surface area contributed by atoms with E-state index in [0.29, 0.717) is 11.9 Å². The number of nitrogens with zero attached hydrogens (tertiary/aromatic N) is 2. The molecular weight excluding hydrogens is 344 g/mol. The summed E-state index contributed by atoms with van der Waals surface area (Å²) in [5.74, 6) is 0.886. The molecule has 0 saturated heterocycles. The number of hydrogen-bond donors (Lipinski definition) is 0. The van der Waals surface area contributed by atoms with E-state index in [1.807, 2.05) is 34.9 Å². The lowest BCUT2D eigenvalue weighted by molar-refractivity contribution is 0.200. The van der Waals surface area contributed by atoms with Gasteiger partial charge in [-0.15, -0.1) is 0 Å². The van der Waals surface area contributed by atoms with E-state index in [1.54, 1.807) is 18.9 Å². The largest absolute Gasteiger partial charge is 0.385 e. The maximum absolute atomic E-state index is 13.0. The number of thioether (sulfide) groups is 1. The van der Waals surface area contributed by atoms with Gasteiger partial charge in [-0.3, -0.25) is 9.36 Å². The van der Waals surface area contributed by atoms with Crippen LogP contribution in [0.1, 0.15) is 18.4 Å². The number of benzene rings is 2. The molecule has 0 saturated carbocycles. The van der Waals surface area contributed by atoms with Crippen LogP contribution in [-0.4, -0.2) is 29.0 Å². The van der Waals surface area contributed by atoms with Gasteiger partial charge in [0, 0.05) is 26.0 Å². The van der Waals surface area contributed by atoms with Crippen molar-refractivity contribution in [2.24, 2.45) is 0 Å². The lowest BCUT2D eigenvalue weighted by Gasteiger charge is -2.13. The highest BCUT2D eigenvalue weighted by Crippen LogP contribution is 2.19. The van der Waals surface area contributed by atoms with Gasteiger partial charge in [0.25, 0.3) is 5.56 Å². The number of aromatic nitrogens is 2. The summed E-state index contributed by atoms with van der Waals surface area (Å²) >= 11 is 1.63. The van der Waals surface area contributed by atoms with Crippen LogP contribution in [0.15, 0.2) is 64.5 Å². The highest BCUT2D eigenvalue weighted by atomic mass is 32.2. The molecular formula is C21H24N2O2S. The Labute approximate surface area is 158 Å². The zero-order valence-corrected chi connectivity index (χ0v) is 15.9. The average Bonchev–Trinajstić information content (AvgIpc) is 2.68. The van der Waals surface area contributed by atoms with Crippen molar-refractivity contribution >= 4 is 22.7 Å². The molecule has 1 heterocycles. The van der Waals surface area contributed by atoms with E-state index in [0.717, 1.165) is 42.3 Å². The molecule has 4 nitrogen and oxygen atoms in total. The fraction of sp³-hybridized carbons (Fsp3) is 0.333. The molecule has 5 heteroatoms. The topological polar surface area (TPSA) is 44.1 Å². The van der Waals surface area contributed by atoms with Gasteiger partial charge in [0.1, 0.15) is 0 Å². The molecule has 0 unspecified atom stereocenters. The Balaban J connectivity index is 1.80. The molecule has 3 rings (SSSR count). The van der Waals surface area contributed by atoms with Crippen LogP contribution < -0.4 is 5.56 Å². The number of para-hydroxylation sites is 1. The Kier molecular flexibility index (Phi) is 6.86.